The van der Waals surface area contributed by atoms with Crippen LogP contribution in [-0.4, -0.2) is 12.2 Å². The summed E-state index contributed by atoms with van der Waals surface area (Å²) in [6.45, 7) is 0.361. The third kappa shape index (κ3) is 3.10. The monoisotopic (exact) mass is 261 g/mol. The van der Waals surface area contributed by atoms with Crippen LogP contribution >= 0.6 is 0 Å². The molecule has 2 rings (SSSR count). The first-order valence-corrected chi connectivity index (χ1v) is 6.05. The molecule has 0 unspecified atom stereocenters. The Bertz CT molecular complexity index is 558. The largest absolute Gasteiger partial charge is 0.454 e. The topological polar surface area (TPSA) is 41.5 Å². The zero-order valence-electron chi connectivity index (χ0n) is 10.7. The second kappa shape index (κ2) is 6.31. The van der Waals surface area contributed by atoms with E-state index >= 15 is 0 Å². The van der Waals surface area contributed by atoms with Crippen LogP contribution in [0.4, 0.5) is 4.39 Å². The number of aliphatic hydroxyl groups is 1. The first-order chi connectivity index (χ1) is 9.26. The summed E-state index contributed by atoms with van der Waals surface area (Å²) >= 11 is 0. The van der Waals surface area contributed by atoms with Crippen LogP contribution < -0.4 is 10.1 Å². The molecule has 4 heteroatoms. The average Bonchev–Trinajstić information content (AvgIpc) is 2.43. The van der Waals surface area contributed by atoms with Crippen molar-refractivity contribution in [2.45, 2.75) is 13.2 Å². The van der Waals surface area contributed by atoms with E-state index in [-0.39, 0.29) is 12.4 Å². The number of halogens is 1. The molecule has 0 aromatic heterocycles. The highest BCUT2D eigenvalue weighted by molar-refractivity contribution is 5.42. The predicted octanol–water partition coefficient (Wildman–Crippen LogP) is 2.83. The van der Waals surface area contributed by atoms with E-state index in [2.05, 4.69) is 5.32 Å². The lowest BCUT2D eigenvalue weighted by Gasteiger charge is -2.14. The van der Waals surface area contributed by atoms with Gasteiger partial charge in [-0.2, -0.15) is 0 Å². The first kappa shape index (κ1) is 13.5. The van der Waals surface area contributed by atoms with Crippen LogP contribution in [0.3, 0.4) is 0 Å². The fourth-order valence-electron chi connectivity index (χ4n) is 1.84. The summed E-state index contributed by atoms with van der Waals surface area (Å²) in [4.78, 5) is 0. The van der Waals surface area contributed by atoms with Crippen LogP contribution in [0.2, 0.25) is 0 Å². The molecule has 0 heterocycles. The Kier molecular flexibility index (Phi) is 4.49. The summed E-state index contributed by atoms with van der Waals surface area (Å²) in [5.41, 5.74) is 1.36. The van der Waals surface area contributed by atoms with Gasteiger partial charge >= 0.3 is 0 Å². The number of benzene rings is 2. The van der Waals surface area contributed by atoms with Gasteiger partial charge in [-0.15, -0.1) is 0 Å². The summed E-state index contributed by atoms with van der Waals surface area (Å²) in [6, 6.07) is 11.8. The molecule has 100 valence electrons. The van der Waals surface area contributed by atoms with Gasteiger partial charge in [0.25, 0.3) is 0 Å². The van der Waals surface area contributed by atoms with Crippen LogP contribution in [0, 0.1) is 5.82 Å². The molecule has 0 fully saturated rings. The van der Waals surface area contributed by atoms with Crippen LogP contribution in [0.25, 0.3) is 0 Å². The SMILES string of the molecule is CNCc1cccc(F)c1Oc1ccccc1CO. The molecular formula is C15H16FNO2. The van der Waals surface area contributed by atoms with Crippen molar-refractivity contribution in [2.75, 3.05) is 7.05 Å². The van der Waals surface area contributed by atoms with Crippen molar-refractivity contribution in [3.8, 4) is 11.5 Å². The third-order valence-corrected chi connectivity index (χ3v) is 2.77. The highest BCUT2D eigenvalue weighted by Crippen LogP contribution is 2.30. The van der Waals surface area contributed by atoms with Gasteiger partial charge in [0, 0.05) is 17.7 Å². The van der Waals surface area contributed by atoms with E-state index in [0.29, 0.717) is 17.9 Å². The summed E-state index contributed by atoms with van der Waals surface area (Å²) in [5, 5.41) is 12.2. The minimum atomic E-state index is -0.416. The maximum atomic E-state index is 13.9. The van der Waals surface area contributed by atoms with Crippen LogP contribution in [0.15, 0.2) is 42.5 Å². The van der Waals surface area contributed by atoms with Gasteiger partial charge in [0.1, 0.15) is 5.75 Å². The Hall–Kier alpha value is -1.91. The molecular weight excluding hydrogens is 245 g/mol. The van der Waals surface area contributed by atoms with Crippen LogP contribution in [0.5, 0.6) is 11.5 Å². The molecule has 0 spiro atoms. The molecule has 0 aliphatic rings. The maximum absolute atomic E-state index is 13.9. The number of nitrogens with one attached hydrogen (secondary N) is 1. The second-order valence-electron chi connectivity index (χ2n) is 4.13. The summed E-state index contributed by atoms with van der Waals surface area (Å²) in [6.07, 6.45) is 0. The minimum absolute atomic E-state index is 0.147. The number of hydrogen-bond acceptors (Lipinski definition) is 3. The Morgan fingerprint density at radius 2 is 1.84 bits per heavy atom. The Balaban J connectivity index is 2.37. The van der Waals surface area contributed by atoms with E-state index in [1.807, 2.05) is 0 Å². The van der Waals surface area contributed by atoms with E-state index in [1.165, 1.54) is 6.07 Å². The molecule has 0 aliphatic heterocycles. The minimum Gasteiger partial charge on any atom is -0.454 e. The average molecular weight is 261 g/mol. The van der Waals surface area contributed by atoms with Gasteiger partial charge in [0.2, 0.25) is 0 Å². The zero-order valence-corrected chi connectivity index (χ0v) is 10.7. The number of aliphatic hydroxyl groups excluding tert-OH is 1. The van der Waals surface area contributed by atoms with E-state index in [0.717, 1.165) is 5.56 Å². The molecule has 3 nitrogen and oxygen atoms in total. The van der Waals surface area contributed by atoms with Crippen molar-refractivity contribution in [1.82, 2.24) is 5.32 Å². The first-order valence-electron chi connectivity index (χ1n) is 6.05. The Morgan fingerprint density at radius 1 is 1.11 bits per heavy atom. The number of para-hydroxylation sites is 2. The molecule has 0 saturated carbocycles. The molecule has 0 atom stereocenters. The standard InChI is InChI=1S/C15H16FNO2/c1-17-9-11-6-4-7-13(16)15(11)19-14-8-3-2-5-12(14)10-18/h2-8,17-18H,9-10H2,1H3. The van der Waals surface area contributed by atoms with E-state index in [9.17, 15) is 9.50 Å². The van der Waals surface area contributed by atoms with Crippen molar-refractivity contribution in [3.05, 3.63) is 59.4 Å². The van der Waals surface area contributed by atoms with Crippen LogP contribution in [0.1, 0.15) is 11.1 Å². The molecule has 19 heavy (non-hydrogen) atoms. The molecule has 0 amide bonds. The summed E-state index contributed by atoms with van der Waals surface area (Å²) < 4.78 is 19.5. The van der Waals surface area contributed by atoms with Gasteiger partial charge in [0.05, 0.1) is 6.61 Å². The van der Waals surface area contributed by atoms with Gasteiger partial charge in [-0.3, -0.25) is 0 Å². The van der Waals surface area contributed by atoms with Gasteiger partial charge in [-0.1, -0.05) is 30.3 Å². The second-order valence-corrected chi connectivity index (χ2v) is 4.13. The van der Waals surface area contributed by atoms with Gasteiger partial charge in [-0.25, -0.2) is 4.39 Å². The smallest absolute Gasteiger partial charge is 0.167 e. The molecule has 2 aromatic rings. The van der Waals surface area contributed by atoms with Gasteiger partial charge < -0.3 is 15.2 Å². The Morgan fingerprint density at radius 3 is 2.58 bits per heavy atom. The fourth-order valence-corrected chi connectivity index (χ4v) is 1.84. The van der Waals surface area contributed by atoms with Crippen molar-refractivity contribution in [3.63, 3.8) is 0 Å². The van der Waals surface area contributed by atoms with Crippen molar-refractivity contribution in [1.29, 1.82) is 0 Å². The van der Waals surface area contributed by atoms with E-state index < -0.39 is 5.82 Å². The Labute approximate surface area is 111 Å². The number of rotatable bonds is 5. The van der Waals surface area contributed by atoms with E-state index in [1.54, 1.807) is 43.4 Å². The summed E-state index contributed by atoms with van der Waals surface area (Å²) in [7, 11) is 1.79. The van der Waals surface area contributed by atoms with Crippen molar-refractivity contribution >= 4 is 0 Å². The van der Waals surface area contributed by atoms with Crippen LogP contribution in [-0.2, 0) is 13.2 Å². The number of hydrogen-bond donors (Lipinski definition) is 2. The van der Waals surface area contributed by atoms with Gasteiger partial charge in [0.15, 0.2) is 11.6 Å². The van der Waals surface area contributed by atoms with Gasteiger partial charge in [-0.05, 0) is 19.2 Å². The highest BCUT2D eigenvalue weighted by Gasteiger charge is 2.12. The van der Waals surface area contributed by atoms with E-state index in [4.69, 9.17) is 4.74 Å². The predicted molar refractivity (Wildman–Crippen MR) is 71.6 cm³/mol. The summed E-state index contributed by atoms with van der Waals surface area (Å²) in [5.74, 6) is 0.241. The highest BCUT2D eigenvalue weighted by atomic mass is 19.1. The molecule has 2 N–H and O–H groups in total. The molecule has 0 saturated heterocycles. The van der Waals surface area contributed by atoms with Crippen molar-refractivity contribution < 1.29 is 14.2 Å². The zero-order chi connectivity index (χ0) is 13.7. The maximum Gasteiger partial charge on any atom is 0.167 e. The molecule has 2 aromatic carbocycles. The third-order valence-electron chi connectivity index (χ3n) is 2.77. The quantitative estimate of drug-likeness (QED) is 0.869. The lowest BCUT2D eigenvalue weighted by Crippen LogP contribution is -2.07. The molecule has 0 radical (unpaired) electrons. The number of ether oxygens (including phenoxy) is 1. The lowest BCUT2D eigenvalue weighted by molar-refractivity contribution is 0.276. The molecule has 0 bridgehead atoms. The normalized spacial score (nSPS) is 10.5. The molecule has 0 aliphatic carbocycles. The lowest BCUT2D eigenvalue weighted by atomic mass is 10.1. The van der Waals surface area contributed by atoms with Crippen molar-refractivity contribution in [2.24, 2.45) is 0 Å². The fraction of sp³-hybridized carbons (Fsp3) is 0.200.